The Morgan fingerprint density at radius 1 is 1.06 bits per heavy atom. The van der Waals surface area contributed by atoms with Crippen molar-refractivity contribution in [2.24, 2.45) is 5.10 Å². The Kier molecular flexibility index (Phi) is 9.07. The number of carbonyl (C=O) groups excluding carboxylic acids is 2. The van der Waals surface area contributed by atoms with E-state index >= 15 is 0 Å². The van der Waals surface area contributed by atoms with E-state index < -0.39 is 11.8 Å². The molecule has 0 aliphatic rings. The number of hydrogen-bond acceptors (Lipinski definition) is 5. The first-order valence-electron chi connectivity index (χ1n) is 10.4. The van der Waals surface area contributed by atoms with Crippen LogP contribution in [0.3, 0.4) is 0 Å². The van der Waals surface area contributed by atoms with Crippen molar-refractivity contribution in [1.29, 1.82) is 0 Å². The van der Waals surface area contributed by atoms with Gasteiger partial charge in [-0.05, 0) is 65.7 Å². The van der Waals surface area contributed by atoms with Gasteiger partial charge in [0, 0.05) is 16.3 Å². The fourth-order valence-electron chi connectivity index (χ4n) is 2.87. The third-order valence-corrected chi connectivity index (χ3v) is 5.51. The molecule has 3 rings (SSSR count). The number of ether oxygens (including phenoxy) is 2. The van der Waals surface area contributed by atoms with Crippen molar-refractivity contribution < 1.29 is 19.1 Å². The highest BCUT2D eigenvalue weighted by Crippen LogP contribution is 2.37. The summed E-state index contributed by atoms with van der Waals surface area (Å²) in [5, 5.41) is 7.00. The molecule has 3 aromatic rings. The largest absolute Gasteiger partial charge is 0.490 e. The number of hydrogen-bond donors (Lipinski definition) is 2. The van der Waals surface area contributed by atoms with Gasteiger partial charge in [-0.15, -0.1) is 0 Å². The van der Waals surface area contributed by atoms with Crippen LogP contribution in [0.4, 0.5) is 5.69 Å². The Hall–Kier alpha value is -3.36. The number of amides is 2. The molecule has 0 aromatic heterocycles. The quantitative estimate of drug-likeness (QED) is 0.223. The molecular weight excluding hydrogens is 522 g/mol. The summed E-state index contributed by atoms with van der Waals surface area (Å²) in [4.78, 5) is 24.1. The molecule has 0 aliphatic heterocycles. The van der Waals surface area contributed by atoms with Gasteiger partial charge in [-0.25, -0.2) is 5.43 Å². The zero-order chi connectivity index (χ0) is 24.5. The molecule has 0 fully saturated rings. The van der Waals surface area contributed by atoms with Crippen LogP contribution in [-0.4, -0.2) is 24.6 Å². The maximum absolute atomic E-state index is 12.0. The van der Waals surface area contributed by atoms with E-state index in [0.29, 0.717) is 38.9 Å². The highest BCUT2D eigenvalue weighted by Gasteiger charge is 2.14. The Morgan fingerprint density at radius 2 is 1.79 bits per heavy atom. The van der Waals surface area contributed by atoms with Gasteiger partial charge < -0.3 is 14.8 Å². The van der Waals surface area contributed by atoms with Crippen molar-refractivity contribution in [3.8, 4) is 11.5 Å². The predicted octanol–water partition coefficient (Wildman–Crippen LogP) is 5.48. The molecule has 2 N–H and O–H groups in total. The lowest BCUT2D eigenvalue weighted by molar-refractivity contribution is -0.136. The lowest BCUT2D eigenvalue weighted by Crippen LogP contribution is -2.32. The van der Waals surface area contributed by atoms with E-state index in [0.717, 1.165) is 11.1 Å². The molecule has 0 aliphatic carbocycles. The van der Waals surface area contributed by atoms with Gasteiger partial charge in [0.05, 0.1) is 17.3 Å². The SMILES string of the molecule is CCOc1cc(/C=N/NC(=O)C(=O)Nc2ccc(C)cc2)cc(Br)c1OCc1ccccc1Cl. The number of halogens is 2. The summed E-state index contributed by atoms with van der Waals surface area (Å²) in [5.41, 5.74) is 5.25. The van der Waals surface area contributed by atoms with E-state index in [1.54, 1.807) is 30.3 Å². The number of aryl methyl sites for hydroxylation is 1. The molecule has 176 valence electrons. The maximum atomic E-state index is 12.0. The lowest BCUT2D eigenvalue weighted by atomic mass is 10.2. The van der Waals surface area contributed by atoms with Crippen LogP contribution in [-0.2, 0) is 16.2 Å². The topological polar surface area (TPSA) is 89.0 Å². The minimum Gasteiger partial charge on any atom is -0.490 e. The molecule has 0 saturated heterocycles. The number of carbonyl (C=O) groups is 2. The van der Waals surface area contributed by atoms with Crippen LogP contribution in [0.1, 0.15) is 23.6 Å². The average molecular weight is 545 g/mol. The maximum Gasteiger partial charge on any atom is 0.329 e. The number of hydrazone groups is 1. The number of anilines is 1. The highest BCUT2D eigenvalue weighted by molar-refractivity contribution is 9.10. The summed E-state index contributed by atoms with van der Waals surface area (Å²) in [6, 6.07) is 18.0. The number of nitrogens with one attached hydrogen (secondary N) is 2. The second-order valence-electron chi connectivity index (χ2n) is 7.16. The van der Waals surface area contributed by atoms with Crippen molar-refractivity contribution in [2.75, 3.05) is 11.9 Å². The van der Waals surface area contributed by atoms with Crippen molar-refractivity contribution in [2.45, 2.75) is 20.5 Å². The van der Waals surface area contributed by atoms with Gasteiger partial charge in [0.1, 0.15) is 6.61 Å². The van der Waals surface area contributed by atoms with Gasteiger partial charge in [0.2, 0.25) is 0 Å². The summed E-state index contributed by atoms with van der Waals surface area (Å²) in [6.45, 7) is 4.47. The predicted molar refractivity (Wildman–Crippen MR) is 137 cm³/mol. The van der Waals surface area contributed by atoms with Gasteiger partial charge >= 0.3 is 11.8 Å². The van der Waals surface area contributed by atoms with Crippen LogP contribution in [0.5, 0.6) is 11.5 Å². The van der Waals surface area contributed by atoms with Crippen LogP contribution < -0.4 is 20.2 Å². The summed E-state index contributed by atoms with van der Waals surface area (Å²) in [6.07, 6.45) is 1.40. The number of nitrogens with zero attached hydrogens (tertiary/aromatic N) is 1. The van der Waals surface area contributed by atoms with E-state index in [2.05, 4.69) is 31.8 Å². The minimum absolute atomic E-state index is 0.262. The van der Waals surface area contributed by atoms with Gasteiger partial charge in [0.25, 0.3) is 0 Å². The van der Waals surface area contributed by atoms with Crippen LogP contribution in [0.15, 0.2) is 70.2 Å². The van der Waals surface area contributed by atoms with E-state index in [9.17, 15) is 9.59 Å². The van der Waals surface area contributed by atoms with Crippen LogP contribution in [0, 0.1) is 6.92 Å². The smallest absolute Gasteiger partial charge is 0.329 e. The van der Waals surface area contributed by atoms with Crippen molar-refractivity contribution in [3.05, 3.63) is 86.8 Å². The normalized spacial score (nSPS) is 10.7. The molecule has 0 radical (unpaired) electrons. The van der Waals surface area contributed by atoms with Crippen LogP contribution in [0.25, 0.3) is 0 Å². The molecule has 0 bridgehead atoms. The fraction of sp³-hybridized carbons (Fsp3) is 0.160. The van der Waals surface area contributed by atoms with Crippen molar-refractivity contribution in [1.82, 2.24) is 5.43 Å². The van der Waals surface area contributed by atoms with E-state index in [1.165, 1.54) is 6.21 Å². The molecule has 0 spiro atoms. The second-order valence-corrected chi connectivity index (χ2v) is 8.42. The molecule has 7 nitrogen and oxygen atoms in total. The first kappa shape index (κ1) is 25.3. The molecule has 0 heterocycles. The first-order chi connectivity index (χ1) is 16.4. The fourth-order valence-corrected chi connectivity index (χ4v) is 3.64. The summed E-state index contributed by atoms with van der Waals surface area (Å²) in [5.74, 6) is -0.699. The second kappa shape index (κ2) is 12.2. The average Bonchev–Trinajstić information content (AvgIpc) is 2.81. The summed E-state index contributed by atoms with van der Waals surface area (Å²) in [7, 11) is 0. The van der Waals surface area contributed by atoms with Crippen molar-refractivity contribution in [3.63, 3.8) is 0 Å². The van der Waals surface area contributed by atoms with Crippen LogP contribution >= 0.6 is 27.5 Å². The Morgan fingerprint density at radius 3 is 2.50 bits per heavy atom. The first-order valence-corrected chi connectivity index (χ1v) is 11.6. The van der Waals surface area contributed by atoms with Crippen molar-refractivity contribution >= 4 is 51.2 Å². The van der Waals surface area contributed by atoms with Crippen LogP contribution in [0.2, 0.25) is 5.02 Å². The number of rotatable bonds is 8. The Balaban J connectivity index is 1.65. The van der Waals surface area contributed by atoms with Gasteiger partial charge in [-0.2, -0.15) is 5.10 Å². The Labute approximate surface area is 211 Å². The minimum atomic E-state index is -0.888. The molecule has 2 amide bonds. The number of benzene rings is 3. The molecule has 0 saturated carbocycles. The zero-order valence-electron chi connectivity index (χ0n) is 18.6. The molecule has 0 atom stereocenters. The van der Waals surface area contributed by atoms with Gasteiger partial charge in [-0.1, -0.05) is 47.5 Å². The molecule has 3 aromatic carbocycles. The third kappa shape index (κ3) is 7.07. The molecule has 0 unspecified atom stereocenters. The lowest BCUT2D eigenvalue weighted by Gasteiger charge is -2.15. The third-order valence-electron chi connectivity index (χ3n) is 4.56. The standard InChI is InChI=1S/C25H23BrClN3O4/c1-3-33-22-13-17(12-20(26)23(22)34-15-18-6-4-5-7-21(18)27)14-28-30-25(32)24(31)29-19-10-8-16(2)9-11-19/h4-14H,3,15H2,1-2H3,(H,29,31)(H,30,32)/b28-14+. The Bertz CT molecular complexity index is 1200. The summed E-state index contributed by atoms with van der Waals surface area (Å²) < 4.78 is 12.3. The molecule has 34 heavy (non-hydrogen) atoms. The molecular formula is C25H23BrClN3O4. The zero-order valence-corrected chi connectivity index (χ0v) is 20.9. The molecule has 9 heteroatoms. The van der Waals surface area contributed by atoms with E-state index in [4.69, 9.17) is 21.1 Å². The van der Waals surface area contributed by atoms with Gasteiger partial charge in [-0.3, -0.25) is 9.59 Å². The monoisotopic (exact) mass is 543 g/mol. The highest BCUT2D eigenvalue weighted by atomic mass is 79.9. The summed E-state index contributed by atoms with van der Waals surface area (Å²) >= 11 is 9.70. The van der Waals surface area contributed by atoms with E-state index in [-0.39, 0.29) is 6.61 Å². The van der Waals surface area contributed by atoms with Gasteiger partial charge in [0.15, 0.2) is 11.5 Å². The van der Waals surface area contributed by atoms with E-state index in [1.807, 2.05) is 44.2 Å².